The Kier molecular flexibility index (Phi) is 6.83. The predicted molar refractivity (Wildman–Crippen MR) is 90.6 cm³/mol. The van der Waals surface area contributed by atoms with Crippen LogP contribution in [0.5, 0.6) is 5.75 Å². The zero-order valence-corrected chi connectivity index (χ0v) is 13.7. The molecule has 0 radical (unpaired) electrons. The summed E-state index contributed by atoms with van der Waals surface area (Å²) in [6, 6.07) is 16.7. The second-order valence-corrected chi connectivity index (χ2v) is 5.18. The first-order chi connectivity index (χ1) is 11.7. The van der Waals surface area contributed by atoms with Gasteiger partial charge in [-0.2, -0.15) is 0 Å². The smallest absolute Gasteiger partial charge is 0.325 e. The van der Waals surface area contributed by atoms with Crippen molar-refractivity contribution in [3.8, 4) is 5.75 Å². The van der Waals surface area contributed by atoms with Gasteiger partial charge < -0.3 is 14.8 Å². The third-order valence-corrected chi connectivity index (χ3v) is 3.27. The number of amides is 1. The lowest BCUT2D eigenvalue weighted by atomic mass is 10.1. The van der Waals surface area contributed by atoms with E-state index in [4.69, 9.17) is 9.47 Å². The van der Waals surface area contributed by atoms with E-state index >= 15 is 0 Å². The molecule has 2 aromatic rings. The van der Waals surface area contributed by atoms with E-state index in [2.05, 4.69) is 5.32 Å². The van der Waals surface area contributed by atoms with Crippen molar-refractivity contribution in [1.82, 2.24) is 5.32 Å². The summed E-state index contributed by atoms with van der Waals surface area (Å²) in [5.41, 5.74) is 1.76. The Labute approximate surface area is 141 Å². The first-order valence-corrected chi connectivity index (χ1v) is 7.85. The van der Waals surface area contributed by atoms with Gasteiger partial charge in [0, 0.05) is 0 Å². The number of nitrogens with one attached hydrogen (secondary N) is 1. The summed E-state index contributed by atoms with van der Waals surface area (Å²) in [5.74, 6) is 0.0841. The Hall–Kier alpha value is -2.82. The molecule has 5 nitrogen and oxygen atoms in total. The average molecular weight is 327 g/mol. The molecule has 0 aliphatic rings. The van der Waals surface area contributed by atoms with E-state index < -0.39 is 5.97 Å². The van der Waals surface area contributed by atoms with Crippen molar-refractivity contribution >= 4 is 11.9 Å². The highest BCUT2D eigenvalue weighted by Gasteiger charge is 2.08. The van der Waals surface area contributed by atoms with Crippen LogP contribution >= 0.6 is 0 Å². The molecule has 0 heterocycles. The number of ether oxygens (including phenoxy) is 2. The summed E-state index contributed by atoms with van der Waals surface area (Å²) in [5, 5.41) is 2.56. The van der Waals surface area contributed by atoms with Gasteiger partial charge in [-0.3, -0.25) is 9.59 Å². The molecule has 0 aromatic heterocycles. The van der Waals surface area contributed by atoms with Gasteiger partial charge in [0.15, 0.2) is 0 Å². The summed E-state index contributed by atoms with van der Waals surface area (Å²) >= 11 is 0. The number of carbonyl (C=O) groups excluding carboxylic acids is 2. The van der Waals surface area contributed by atoms with Crippen LogP contribution in [0.15, 0.2) is 54.6 Å². The minimum absolute atomic E-state index is 0.136. The lowest BCUT2D eigenvalue weighted by Gasteiger charge is -2.07. The molecule has 0 spiro atoms. The lowest BCUT2D eigenvalue weighted by Crippen LogP contribution is -2.31. The van der Waals surface area contributed by atoms with Gasteiger partial charge in [0.2, 0.25) is 5.91 Å². The standard InChI is InChI=1S/C19H21NO4/c1-2-23-17-10-8-15(9-11-17)12-18(21)20-13-19(22)24-14-16-6-4-3-5-7-16/h3-11H,2,12-14H2,1H3,(H,20,21). The summed E-state index contributed by atoms with van der Waals surface area (Å²) in [4.78, 5) is 23.5. The normalized spacial score (nSPS) is 10.0. The first-order valence-electron chi connectivity index (χ1n) is 7.85. The van der Waals surface area contributed by atoms with Gasteiger partial charge in [-0.15, -0.1) is 0 Å². The summed E-state index contributed by atoms with van der Waals surface area (Å²) < 4.78 is 10.4. The topological polar surface area (TPSA) is 64.6 Å². The predicted octanol–water partition coefficient (Wildman–Crippen LogP) is 2.49. The molecule has 0 fully saturated rings. The van der Waals surface area contributed by atoms with E-state index in [-0.39, 0.29) is 25.5 Å². The summed E-state index contributed by atoms with van der Waals surface area (Å²) in [6.45, 7) is 2.58. The Bertz CT molecular complexity index is 653. The number of esters is 1. The average Bonchev–Trinajstić information content (AvgIpc) is 2.61. The van der Waals surface area contributed by atoms with Gasteiger partial charge in [0.25, 0.3) is 0 Å². The van der Waals surface area contributed by atoms with E-state index in [0.717, 1.165) is 16.9 Å². The molecular formula is C19H21NO4. The van der Waals surface area contributed by atoms with E-state index in [9.17, 15) is 9.59 Å². The highest BCUT2D eigenvalue weighted by atomic mass is 16.5. The minimum atomic E-state index is -0.459. The molecule has 5 heteroatoms. The summed E-state index contributed by atoms with van der Waals surface area (Å²) in [6.07, 6.45) is 0.207. The molecule has 0 saturated heterocycles. The maximum atomic E-state index is 11.9. The molecule has 0 atom stereocenters. The van der Waals surface area contributed by atoms with Crippen molar-refractivity contribution in [2.24, 2.45) is 0 Å². The second kappa shape index (κ2) is 9.35. The minimum Gasteiger partial charge on any atom is -0.494 e. The molecular weight excluding hydrogens is 306 g/mol. The molecule has 0 aliphatic carbocycles. The fraction of sp³-hybridized carbons (Fsp3) is 0.263. The third-order valence-electron chi connectivity index (χ3n) is 3.27. The van der Waals surface area contributed by atoms with Crippen molar-refractivity contribution in [3.63, 3.8) is 0 Å². The molecule has 1 N–H and O–H groups in total. The van der Waals surface area contributed by atoms with Crippen molar-refractivity contribution in [2.45, 2.75) is 20.0 Å². The van der Waals surface area contributed by atoms with Crippen LogP contribution in [0.3, 0.4) is 0 Å². The summed E-state index contributed by atoms with van der Waals surface area (Å²) in [7, 11) is 0. The first kappa shape index (κ1) is 17.5. The van der Waals surface area contributed by atoms with Crippen molar-refractivity contribution < 1.29 is 19.1 Å². The maximum absolute atomic E-state index is 11.9. The van der Waals surface area contributed by atoms with E-state index in [1.54, 1.807) is 0 Å². The number of hydrogen-bond donors (Lipinski definition) is 1. The van der Waals surface area contributed by atoms with Gasteiger partial charge in [-0.05, 0) is 30.2 Å². The van der Waals surface area contributed by atoms with Crippen molar-refractivity contribution in [2.75, 3.05) is 13.2 Å². The van der Waals surface area contributed by atoms with Crippen LogP contribution in [0.2, 0.25) is 0 Å². The second-order valence-electron chi connectivity index (χ2n) is 5.18. The Morgan fingerprint density at radius 1 is 0.958 bits per heavy atom. The van der Waals surface area contributed by atoms with Gasteiger partial charge in [0.05, 0.1) is 13.0 Å². The molecule has 0 aliphatic heterocycles. The molecule has 0 bridgehead atoms. The quantitative estimate of drug-likeness (QED) is 0.757. The fourth-order valence-corrected chi connectivity index (χ4v) is 2.08. The fourth-order valence-electron chi connectivity index (χ4n) is 2.08. The van der Waals surface area contributed by atoms with Crippen LogP contribution in [0.25, 0.3) is 0 Å². The Morgan fingerprint density at radius 2 is 1.67 bits per heavy atom. The van der Waals surface area contributed by atoms with Crippen LogP contribution in [0.4, 0.5) is 0 Å². The van der Waals surface area contributed by atoms with Gasteiger partial charge in [-0.25, -0.2) is 0 Å². The molecule has 2 rings (SSSR count). The molecule has 2 aromatic carbocycles. The van der Waals surface area contributed by atoms with Crippen molar-refractivity contribution in [1.29, 1.82) is 0 Å². The van der Waals surface area contributed by atoms with Gasteiger partial charge in [-0.1, -0.05) is 42.5 Å². The van der Waals surface area contributed by atoms with Crippen LogP contribution in [-0.4, -0.2) is 25.0 Å². The largest absolute Gasteiger partial charge is 0.494 e. The van der Waals surface area contributed by atoms with Crippen LogP contribution in [0, 0.1) is 0 Å². The Balaban J connectivity index is 1.69. The van der Waals surface area contributed by atoms with E-state index in [0.29, 0.717) is 6.61 Å². The number of hydrogen-bond acceptors (Lipinski definition) is 4. The zero-order chi connectivity index (χ0) is 17.2. The molecule has 0 saturated carbocycles. The highest BCUT2D eigenvalue weighted by molar-refractivity contribution is 5.83. The van der Waals surface area contributed by atoms with Gasteiger partial charge in [0.1, 0.15) is 18.9 Å². The molecule has 0 unspecified atom stereocenters. The van der Waals surface area contributed by atoms with E-state index in [1.807, 2.05) is 61.5 Å². The van der Waals surface area contributed by atoms with Crippen LogP contribution < -0.4 is 10.1 Å². The number of benzene rings is 2. The Morgan fingerprint density at radius 3 is 2.33 bits per heavy atom. The number of carbonyl (C=O) groups is 2. The highest BCUT2D eigenvalue weighted by Crippen LogP contribution is 2.12. The third kappa shape index (κ3) is 6.12. The zero-order valence-electron chi connectivity index (χ0n) is 13.7. The van der Waals surface area contributed by atoms with Crippen molar-refractivity contribution in [3.05, 3.63) is 65.7 Å². The maximum Gasteiger partial charge on any atom is 0.325 e. The van der Waals surface area contributed by atoms with Crippen LogP contribution in [-0.2, 0) is 27.4 Å². The SMILES string of the molecule is CCOc1ccc(CC(=O)NCC(=O)OCc2ccccc2)cc1. The number of rotatable bonds is 8. The molecule has 126 valence electrons. The monoisotopic (exact) mass is 327 g/mol. The molecule has 24 heavy (non-hydrogen) atoms. The van der Waals surface area contributed by atoms with E-state index in [1.165, 1.54) is 0 Å². The lowest BCUT2D eigenvalue weighted by molar-refractivity contribution is -0.145. The molecule has 1 amide bonds. The van der Waals surface area contributed by atoms with Crippen LogP contribution in [0.1, 0.15) is 18.1 Å². The van der Waals surface area contributed by atoms with Gasteiger partial charge >= 0.3 is 5.97 Å².